The van der Waals surface area contributed by atoms with Crippen LogP contribution in [-0.4, -0.2) is 62.0 Å². The summed E-state index contributed by atoms with van der Waals surface area (Å²) in [6.45, 7) is 8.30. The summed E-state index contributed by atoms with van der Waals surface area (Å²) in [7, 11) is -2.38. The predicted molar refractivity (Wildman–Crippen MR) is 120 cm³/mol. The first-order chi connectivity index (χ1) is 14.2. The molecule has 4 rings (SSSR count). The molecular formula is C21H28N6O2S. The van der Waals surface area contributed by atoms with E-state index in [1.54, 1.807) is 12.5 Å². The first-order valence-electron chi connectivity index (χ1n) is 10.1. The third-order valence-corrected chi connectivity index (χ3v) is 5.59. The van der Waals surface area contributed by atoms with E-state index in [2.05, 4.69) is 35.0 Å². The van der Waals surface area contributed by atoms with Crippen molar-refractivity contribution in [2.45, 2.75) is 32.7 Å². The lowest BCUT2D eigenvalue weighted by Gasteiger charge is -2.34. The minimum absolute atomic E-state index is 0.172. The standard InChI is InChI=1S/C21H28N6O2S/c1-14(2)20-22-16-8-6-7-9-17(16)27(20)21-23-18(25-30(4,5)28)12-19(24-21)26-10-11-29-13-15(26)3/h6-9,12,14-15H,10-11,13H2,1-5H3/t15-/m1/s1. The smallest absolute Gasteiger partial charge is 0.239 e. The Morgan fingerprint density at radius 3 is 2.67 bits per heavy atom. The maximum atomic E-state index is 12.4. The summed E-state index contributed by atoms with van der Waals surface area (Å²) in [5, 5.41) is 0. The zero-order valence-corrected chi connectivity index (χ0v) is 18.9. The number of anilines is 1. The van der Waals surface area contributed by atoms with E-state index in [4.69, 9.17) is 14.7 Å². The number of imidazole rings is 1. The van der Waals surface area contributed by atoms with Crippen LogP contribution in [0.2, 0.25) is 0 Å². The van der Waals surface area contributed by atoms with Crippen LogP contribution in [0.4, 0.5) is 11.6 Å². The van der Waals surface area contributed by atoms with Gasteiger partial charge in [0.2, 0.25) is 5.95 Å². The molecule has 1 aromatic carbocycles. The number of fused-ring (bicyclic) bond motifs is 1. The van der Waals surface area contributed by atoms with E-state index in [0.717, 1.165) is 29.2 Å². The summed E-state index contributed by atoms with van der Waals surface area (Å²) in [4.78, 5) is 16.6. The Labute approximate surface area is 177 Å². The number of morpholine rings is 1. The molecule has 0 bridgehead atoms. The fraction of sp³-hybridized carbons (Fsp3) is 0.476. The zero-order valence-electron chi connectivity index (χ0n) is 18.1. The SMILES string of the molecule is CC(C)c1nc2ccccc2n1-c1nc(N=S(C)(C)=O)cc(N2CCOC[C@H]2C)n1. The summed E-state index contributed by atoms with van der Waals surface area (Å²) < 4.78 is 24.4. The molecule has 0 aliphatic carbocycles. The average Bonchev–Trinajstić information content (AvgIpc) is 3.07. The maximum absolute atomic E-state index is 12.4. The molecule has 1 atom stereocenters. The molecule has 1 fully saturated rings. The molecule has 8 nitrogen and oxygen atoms in total. The number of aromatic nitrogens is 4. The summed E-state index contributed by atoms with van der Waals surface area (Å²) in [5.41, 5.74) is 1.83. The first kappa shape index (κ1) is 20.7. The first-order valence-corrected chi connectivity index (χ1v) is 12.4. The number of para-hydroxylation sites is 2. The second kappa shape index (κ2) is 7.96. The van der Waals surface area contributed by atoms with Gasteiger partial charge in [-0.3, -0.25) is 4.57 Å². The lowest BCUT2D eigenvalue weighted by Crippen LogP contribution is -2.44. The van der Waals surface area contributed by atoms with Gasteiger partial charge in [-0.15, -0.1) is 0 Å². The van der Waals surface area contributed by atoms with Gasteiger partial charge in [0.15, 0.2) is 5.82 Å². The summed E-state index contributed by atoms with van der Waals surface area (Å²) in [5.74, 6) is 2.71. The van der Waals surface area contributed by atoms with Crippen molar-refractivity contribution >= 4 is 32.4 Å². The fourth-order valence-electron chi connectivity index (χ4n) is 3.64. The molecule has 0 saturated carbocycles. The van der Waals surface area contributed by atoms with Crippen LogP contribution in [0.3, 0.4) is 0 Å². The van der Waals surface area contributed by atoms with Gasteiger partial charge in [-0.2, -0.15) is 14.3 Å². The van der Waals surface area contributed by atoms with Crippen LogP contribution in [0.5, 0.6) is 0 Å². The van der Waals surface area contributed by atoms with Crippen molar-refractivity contribution in [3.05, 3.63) is 36.2 Å². The van der Waals surface area contributed by atoms with E-state index in [9.17, 15) is 4.21 Å². The van der Waals surface area contributed by atoms with Crippen LogP contribution in [0.25, 0.3) is 17.0 Å². The number of hydrogen-bond donors (Lipinski definition) is 0. The molecular weight excluding hydrogens is 400 g/mol. The molecule has 3 aromatic rings. The van der Waals surface area contributed by atoms with Crippen molar-refractivity contribution in [1.82, 2.24) is 19.5 Å². The molecule has 1 saturated heterocycles. The van der Waals surface area contributed by atoms with E-state index >= 15 is 0 Å². The van der Waals surface area contributed by atoms with Gasteiger partial charge in [0, 0.05) is 40.8 Å². The number of rotatable bonds is 4. The molecule has 9 heteroatoms. The van der Waals surface area contributed by atoms with Gasteiger partial charge >= 0.3 is 0 Å². The van der Waals surface area contributed by atoms with Gasteiger partial charge < -0.3 is 9.64 Å². The van der Waals surface area contributed by atoms with Crippen molar-refractivity contribution in [2.24, 2.45) is 4.36 Å². The Morgan fingerprint density at radius 1 is 1.20 bits per heavy atom. The number of nitrogens with zero attached hydrogens (tertiary/aromatic N) is 6. The van der Waals surface area contributed by atoms with Gasteiger partial charge in [0.05, 0.1) is 30.3 Å². The second-order valence-electron chi connectivity index (χ2n) is 8.22. The monoisotopic (exact) mass is 428 g/mol. The number of benzene rings is 1. The van der Waals surface area contributed by atoms with Crippen LogP contribution in [0.1, 0.15) is 32.5 Å². The van der Waals surface area contributed by atoms with Gasteiger partial charge in [0.25, 0.3) is 0 Å². The van der Waals surface area contributed by atoms with Crippen molar-refractivity contribution in [2.75, 3.05) is 37.2 Å². The average molecular weight is 429 g/mol. The molecule has 0 spiro atoms. The minimum atomic E-state index is -2.38. The second-order valence-corrected chi connectivity index (χ2v) is 10.8. The van der Waals surface area contributed by atoms with Crippen LogP contribution in [0, 0.1) is 0 Å². The predicted octanol–water partition coefficient (Wildman–Crippen LogP) is 3.52. The highest BCUT2D eigenvalue weighted by atomic mass is 32.2. The lowest BCUT2D eigenvalue weighted by molar-refractivity contribution is 0.0985. The van der Waals surface area contributed by atoms with Gasteiger partial charge in [0.1, 0.15) is 11.6 Å². The molecule has 160 valence electrons. The largest absolute Gasteiger partial charge is 0.377 e. The Kier molecular flexibility index (Phi) is 5.50. The Bertz CT molecular complexity index is 1190. The molecule has 1 aliphatic rings. The van der Waals surface area contributed by atoms with E-state index in [0.29, 0.717) is 25.0 Å². The highest BCUT2D eigenvalue weighted by Gasteiger charge is 2.24. The molecule has 2 aromatic heterocycles. The van der Waals surface area contributed by atoms with Gasteiger partial charge in [-0.1, -0.05) is 26.0 Å². The normalized spacial score (nSPS) is 17.7. The molecule has 1 aliphatic heterocycles. The van der Waals surface area contributed by atoms with E-state index in [-0.39, 0.29) is 12.0 Å². The number of hydrogen-bond acceptors (Lipinski definition) is 7. The third-order valence-electron chi connectivity index (χ3n) is 4.97. The van der Waals surface area contributed by atoms with Crippen LogP contribution in [0.15, 0.2) is 34.7 Å². The molecule has 0 unspecified atom stereocenters. The minimum Gasteiger partial charge on any atom is -0.377 e. The lowest BCUT2D eigenvalue weighted by atomic mass is 10.2. The summed E-state index contributed by atoms with van der Waals surface area (Å²) in [6.07, 6.45) is 3.22. The Hall–Kier alpha value is -2.52. The zero-order chi connectivity index (χ0) is 21.5. The molecule has 3 heterocycles. The van der Waals surface area contributed by atoms with Crippen molar-refractivity contribution in [3.8, 4) is 5.95 Å². The van der Waals surface area contributed by atoms with Gasteiger partial charge in [-0.25, -0.2) is 9.19 Å². The molecule has 0 amide bonds. The van der Waals surface area contributed by atoms with E-state index < -0.39 is 9.73 Å². The summed E-state index contributed by atoms with van der Waals surface area (Å²) >= 11 is 0. The molecule has 0 radical (unpaired) electrons. The molecule has 0 N–H and O–H groups in total. The maximum Gasteiger partial charge on any atom is 0.239 e. The third kappa shape index (κ3) is 4.17. The fourth-order valence-corrected chi connectivity index (χ4v) is 4.18. The number of ether oxygens (including phenoxy) is 1. The van der Waals surface area contributed by atoms with E-state index in [1.807, 2.05) is 34.9 Å². The van der Waals surface area contributed by atoms with Gasteiger partial charge in [-0.05, 0) is 19.1 Å². The Balaban J connectivity index is 1.97. The highest BCUT2D eigenvalue weighted by molar-refractivity contribution is 7.92. The highest BCUT2D eigenvalue weighted by Crippen LogP contribution is 2.28. The van der Waals surface area contributed by atoms with Crippen molar-refractivity contribution < 1.29 is 8.95 Å². The topological polar surface area (TPSA) is 85.5 Å². The summed E-state index contributed by atoms with van der Waals surface area (Å²) in [6, 6.07) is 9.94. The Morgan fingerprint density at radius 2 is 1.97 bits per heavy atom. The van der Waals surface area contributed by atoms with Crippen LogP contribution >= 0.6 is 0 Å². The quantitative estimate of drug-likeness (QED) is 0.632. The van der Waals surface area contributed by atoms with Crippen LogP contribution < -0.4 is 4.90 Å². The van der Waals surface area contributed by atoms with Crippen LogP contribution in [-0.2, 0) is 14.5 Å². The van der Waals surface area contributed by atoms with Crippen molar-refractivity contribution in [3.63, 3.8) is 0 Å². The van der Waals surface area contributed by atoms with E-state index in [1.165, 1.54) is 0 Å². The van der Waals surface area contributed by atoms with Crippen molar-refractivity contribution in [1.29, 1.82) is 0 Å². The molecule has 30 heavy (non-hydrogen) atoms.